The van der Waals surface area contributed by atoms with Gasteiger partial charge in [-0.3, -0.25) is 0 Å². The summed E-state index contributed by atoms with van der Waals surface area (Å²) in [6.07, 6.45) is 3.24. The van der Waals surface area contributed by atoms with E-state index in [-0.39, 0.29) is 0 Å². The number of nitriles is 1. The van der Waals surface area contributed by atoms with Crippen LogP contribution in [-0.4, -0.2) is 18.0 Å². The molecule has 0 bridgehead atoms. The number of hydrogen-bond donors (Lipinski definition) is 0. The lowest BCUT2D eigenvalue weighted by Gasteiger charge is -2.30. The van der Waals surface area contributed by atoms with Crippen LogP contribution in [0.2, 0.25) is 0 Å². The maximum atomic E-state index is 9.12. The second-order valence-corrected chi connectivity index (χ2v) is 5.58. The van der Waals surface area contributed by atoms with Crippen LogP contribution in [0.3, 0.4) is 0 Å². The first-order chi connectivity index (χ1) is 7.54. The van der Waals surface area contributed by atoms with Gasteiger partial charge in [-0.15, -0.1) is 0 Å². The van der Waals surface area contributed by atoms with Gasteiger partial charge in [0.25, 0.3) is 0 Å². The largest absolute Gasteiger partial charge is 0.374 e. The van der Waals surface area contributed by atoms with Crippen molar-refractivity contribution in [2.24, 2.45) is 11.8 Å². The predicted molar refractivity (Wildman–Crippen MR) is 67.7 cm³/mol. The fourth-order valence-corrected chi connectivity index (χ4v) is 2.37. The maximum Gasteiger partial charge on any atom is 0.0965 e. The monoisotopic (exact) mass is 220 g/mol. The van der Waals surface area contributed by atoms with E-state index in [4.69, 9.17) is 5.26 Å². The molecule has 0 N–H and O–H groups in total. The molecule has 0 amide bonds. The van der Waals surface area contributed by atoms with E-state index in [0.717, 1.165) is 37.9 Å². The third-order valence-corrected chi connectivity index (χ3v) is 2.88. The van der Waals surface area contributed by atoms with Gasteiger partial charge in [-0.25, -0.2) is 0 Å². The van der Waals surface area contributed by atoms with E-state index in [2.05, 4.69) is 38.7 Å². The molecule has 0 saturated heterocycles. The molecule has 0 radical (unpaired) electrons. The highest BCUT2D eigenvalue weighted by atomic mass is 15.1. The molecule has 16 heavy (non-hydrogen) atoms. The Morgan fingerprint density at radius 3 is 2.12 bits per heavy atom. The van der Waals surface area contributed by atoms with Crippen molar-refractivity contribution in [1.82, 2.24) is 4.90 Å². The summed E-state index contributed by atoms with van der Waals surface area (Å²) in [6, 6.07) is 2.38. The third kappa shape index (κ3) is 3.56. The van der Waals surface area contributed by atoms with E-state index in [9.17, 15) is 0 Å². The number of hydrogen-bond acceptors (Lipinski definition) is 2. The van der Waals surface area contributed by atoms with Gasteiger partial charge in [0.05, 0.1) is 6.07 Å². The smallest absolute Gasteiger partial charge is 0.0965 e. The van der Waals surface area contributed by atoms with Crippen molar-refractivity contribution in [2.75, 3.05) is 13.1 Å². The van der Waals surface area contributed by atoms with Gasteiger partial charge >= 0.3 is 0 Å². The molecule has 1 aliphatic carbocycles. The van der Waals surface area contributed by atoms with Gasteiger partial charge in [0.1, 0.15) is 0 Å². The lowest BCUT2D eigenvalue weighted by atomic mass is 10.1. The molecule has 0 aromatic rings. The molecule has 0 atom stereocenters. The molecule has 0 aromatic heterocycles. The molecule has 0 heterocycles. The molecule has 1 aliphatic rings. The molecule has 0 spiro atoms. The molecular formula is C14H24N2. The molecule has 0 fully saturated rings. The first kappa shape index (κ1) is 13.1. The maximum absolute atomic E-state index is 9.12. The predicted octanol–water partition coefficient (Wildman–Crippen LogP) is 3.56. The minimum absolute atomic E-state index is 0.659. The van der Waals surface area contributed by atoms with Gasteiger partial charge in [-0.2, -0.15) is 5.26 Å². The summed E-state index contributed by atoms with van der Waals surface area (Å²) >= 11 is 0. The van der Waals surface area contributed by atoms with Crippen LogP contribution < -0.4 is 0 Å². The summed E-state index contributed by atoms with van der Waals surface area (Å²) in [4.78, 5) is 2.45. The summed E-state index contributed by atoms with van der Waals surface area (Å²) in [6.45, 7) is 11.1. The van der Waals surface area contributed by atoms with Crippen molar-refractivity contribution in [3.05, 3.63) is 11.3 Å². The van der Waals surface area contributed by atoms with Crippen LogP contribution in [0.4, 0.5) is 0 Å². The highest BCUT2D eigenvalue weighted by Gasteiger charge is 2.21. The molecule has 1 rings (SSSR count). The van der Waals surface area contributed by atoms with Gasteiger partial charge in [0, 0.05) is 24.4 Å². The SMILES string of the molecule is CC(C)CN(CC(C)C)C1=C(C#N)CCC1. The molecule has 90 valence electrons. The van der Waals surface area contributed by atoms with E-state index < -0.39 is 0 Å². The Morgan fingerprint density at radius 2 is 1.69 bits per heavy atom. The first-order valence-electron chi connectivity index (χ1n) is 6.41. The molecule has 0 unspecified atom stereocenters. The van der Waals surface area contributed by atoms with Crippen LogP contribution in [0.5, 0.6) is 0 Å². The summed E-state index contributed by atoms with van der Waals surface area (Å²) in [5.41, 5.74) is 2.35. The third-order valence-electron chi connectivity index (χ3n) is 2.88. The summed E-state index contributed by atoms with van der Waals surface area (Å²) in [5.74, 6) is 1.32. The number of rotatable bonds is 5. The molecule has 0 aliphatic heterocycles. The van der Waals surface area contributed by atoms with Gasteiger partial charge in [-0.05, 0) is 31.1 Å². The Labute approximate surface area is 99.9 Å². The van der Waals surface area contributed by atoms with E-state index in [1.54, 1.807) is 0 Å². The minimum atomic E-state index is 0.659. The zero-order valence-corrected chi connectivity index (χ0v) is 11.1. The van der Waals surface area contributed by atoms with Gasteiger partial charge in [0.15, 0.2) is 0 Å². The minimum Gasteiger partial charge on any atom is -0.374 e. The van der Waals surface area contributed by atoms with Crippen LogP contribution in [0, 0.1) is 23.2 Å². The van der Waals surface area contributed by atoms with Crippen molar-refractivity contribution in [3.8, 4) is 6.07 Å². The average molecular weight is 220 g/mol. The van der Waals surface area contributed by atoms with Gasteiger partial charge in [0.2, 0.25) is 0 Å². The number of nitrogens with zero attached hydrogens (tertiary/aromatic N) is 2. The van der Waals surface area contributed by atoms with Crippen molar-refractivity contribution < 1.29 is 0 Å². The highest BCUT2D eigenvalue weighted by molar-refractivity contribution is 5.30. The van der Waals surface area contributed by atoms with E-state index in [1.807, 2.05) is 0 Å². The highest BCUT2D eigenvalue weighted by Crippen LogP contribution is 2.29. The van der Waals surface area contributed by atoms with Crippen LogP contribution in [-0.2, 0) is 0 Å². The van der Waals surface area contributed by atoms with Gasteiger partial charge < -0.3 is 4.90 Å². The second-order valence-electron chi connectivity index (χ2n) is 5.58. The van der Waals surface area contributed by atoms with Crippen LogP contribution in [0.1, 0.15) is 47.0 Å². The normalized spacial score (nSPS) is 16.1. The Bertz CT molecular complexity index is 284. The van der Waals surface area contributed by atoms with Crippen LogP contribution in [0.15, 0.2) is 11.3 Å². The van der Waals surface area contributed by atoms with Crippen LogP contribution in [0.25, 0.3) is 0 Å². The summed E-state index contributed by atoms with van der Waals surface area (Å²) in [5, 5.41) is 9.12. The Morgan fingerprint density at radius 1 is 1.12 bits per heavy atom. The molecule has 2 heteroatoms. The Balaban J connectivity index is 2.79. The van der Waals surface area contributed by atoms with Crippen molar-refractivity contribution in [3.63, 3.8) is 0 Å². The summed E-state index contributed by atoms with van der Waals surface area (Å²) < 4.78 is 0. The van der Waals surface area contributed by atoms with Crippen molar-refractivity contribution >= 4 is 0 Å². The average Bonchev–Trinajstić information content (AvgIpc) is 2.62. The van der Waals surface area contributed by atoms with E-state index in [1.165, 1.54) is 5.70 Å². The molecule has 2 nitrogen and oxygen atoms in total. The van der Waals surface area contributed by atoms with Crippen molar-refractivity contribution in [2.45, 2.75) is 47.0 Å². The standard InChI is InChI=1S/C14H24N2/c1-11(2)9-16(10-12(3)4)14-7-5-6-13(14)8-15/h11-12H,5-7,9-10H2,1-4H3. The van der Waals surface area contributed by atoms with E-state index >= 15 is 0 Å². The molecular weight excluding hydrogens is 196 g/mol. The Hall–Kier alpha value is -0.970. The quantitative estimate of drug-likeness (QED) is 0.708. The van der Waals surface area contributed by atoms with E-state index in [0.29, 0.717) is 11.8 Å². The lowest BCUT2D eigenvalue weighted by molar-refractivity contribution is 0.267. The van der Waals surface area contributed by atoms with Crippen LogP contribution >= 0.6 is 0 Å². The zero-order valence-electron chi connectivity index (χ0n) is 11.1. The Kier molecular flexibility index (Phi) is 4.86. The van der Waals surface area contributed by atoms with Gasteiger partial charge in [-0.1, -0.05) is 27.7 Å². The molecule has 0 aromatic carbocycles. The molecule has 0 saturated carbocycles. The fourth-order valence-electron chi connectivity index (χ4n) is 2.37. The number of allylic oxidation sites excluding steroid dienone is 2. The fraction of sp³-hybridized carbons (Fsp3) is 0.786. The second kappa shape index (κ2) is 5.94. The topological polar surface area (TPSA) is 27.0 Å². The van der Waals surface area contributed by atoms with Crippen molar-refractivity contribution in [1.29, 1.82) is 5.26 Å². The lowest BCUT2D eigenvalue weighted by Crippen LogP contribution is -2.30. The zero-order chi connectivity index (χ0) is 12.1. The summed E-state index contributed by atoms with van der Waals surface area (Å²) in [7, 11) is 0. The first-order valence-corrected chi connectivity index (χ1v) is 6.41.